The molecule has 1 aromatic carbocycles. The van der Waals surface area contributed by atoms with Crippen molar-refractivity contribution in [2.75, 3.05) is 0 Å². The topological polar surface area (TPSA) is 52.0 Å². The van der Waals surface area contributed by atoms with E-state index in [1.807, 2.05) is 0 Å². The molecule has 2 rings (SSSR count). The summed E-state index contributed by atoms with van der Waals surface area (Å²) in [5, 5.41) is 0. The van der Waals surface area contributed by atoms with Gasteiger partial charge in [0, 0.05) is 19.4 Å². The Balaban J connectivity index is 2.28. The second-order valence-corrected chi connectivity index (χ2v) is 4.29. The van der Waals surface area contributed by atoms with Crippen LogP contribution in [0.3, 0.4) is 0 Å². The number of hydrogen-bond donors (Lipinski definition) is 0. The normalized spacial score (nSPS) is 12.2. The lowest BCUT2D eigenvalue weighted by molar-refractivity contribution is 0.0810. The van der Waals surface area contributed by atoms with Crippen LogP contribution in [0.4, 0.5) is 4.39 Å². The zero-order valence-corrected chi connectivity index (χ0v) is 10.6. The second-order valence-electron chi connectivity index (χ2n) is 4.29. The molecule has 0 aliphatic heterocycles. The SMILES string of the molecule is CC(C(=O)c1ccccc1F)C(=O)c1nccn1C. The van der Waals surface area contributed by atoms with E-state index < -0.39 is 23.3 Å². The Labute approximate surface area is 109 Å². The van der Waals surface area contributed by atoms with E-state index >= 15 is 0 Å². The van der Waals surface area contributed by atoms with Gasteiger partial charge in [-0.15, -0.1) is 0 Å². The first-order valence-corrected chi connectivity index (χ1v) is 5.82. The van der Waals surface area contributed by atoms with Gasteiger partial charge in [-0.1, -0.05) is 12.1 Å². The quantitative estimate of drug-likeness (QED) is 0.626. The molecule has 0 amide bonds. The Hall–Kier alpha value is -2.30. The van der Waals surface area contributed by atoms with Crippen LogP contribution in [0.25, 0.3) is 0 Å². The Morgan fingerprint density at radius 2 is 1.95 bits per heavy atom. The van der Waals surface area contributed by atoms with Gasteiger partial charge in [0.05, 0.1) is 11.5 Å². The summed E-state index contributed by atoms with van der Waals surface area (Å²) in [5.74, 6) is -2.34. The molecule has 0 fully saturated rings. The van der Waals surface area contributed by atoms with E-state index in [1.54, 1.807) is 19.3 Å². The molecule has 0 spiro atoms. The van der Waals surface area contributed by atoms with Crippen LogP contribution in [0.5, 0.6) is 0 Å². The summed E-state index contributed by atoms with van der Waals surface area (Å²) in [5.41, 5.74) is -0.0717. The third kappa shape index (κ3) is 2.45. The van der Waals surface area contributed by atoms with Crippen LogP contribution in [0.2, 0.25) is 0 Å². The summed E-state index contributed by atoms with van der Waals surface area (Å²) >= 11 is 0. The van der Waals surface area contributed by atoms with Crippen LogP contribution in [-0.2, 0) is 7.05 Å². The molecule has 0 saturated heterocycles. The molecule has 4 nitrogen and oxygen atoms in total. The van der Waals surface area contributed by atoms with Gasteiger partial charge >= 0.3 is 0 Å². The number of aryl methyl sites for hydroxylation is 1. The summed E-state index contributed by atoms with van der Waals surface area (Å²) in [6, 6.07) is 5.64. The van der Waals surface area contributed by atoms with E-state index in [0.717, 1.165) is 0 Å². The molecule has 0 saturated carbocycles. The molecule has 19 heavy (non-hydrogen) atoms. The highest BCUT2D eigenvalue weighted by molar-refractivity contribution is 6.14. The van der Waals surface area contributed by atoms with Crippen molar-refractivity contribution in [3.05, 3.63) is 53.9 Å². The molecular weight excluding hydrogens is 247 g/mol. The van der Waals surface area contributed by atoms with Crippen molar-refractivity contribution in [1.82, 2.24) is 9.55 Å². The number of benzene rings is 1. The van der Waals surface area contributed by atoms with Crippen molar-refractivity contribution in [3.63, 3.8) is 0 Å². The van der Waals surface area contributed by atoms with Gasteiger partial charge in [0.2, 0.25) is 5.78 Å². The number of Topliss-reactive ketones (excluding diaryl/α,β-unsaturated/α-hetero) is 2. The van der Waals surface area contributed by atoms with Gasteiger partial charge in [-0.25, -0.2) is 9.37 Å². The highest BCUT2D eigenvalue weighted by atomic mass is 19.1. The maximum absolute atomic E-state index is 13.5. The Morgan fingerprint density at radius 1 is 1.26 bits per heavy atom. The van der Waals surface area contributed by atoms with Crippen molar-refractivity contribution >= 4 is 11.6 Å². The van der Waals surface area contributed by atoms with Crippen LogP contribution in [0.1, 0.15) is 27.9 Å². The van der Waals surface area contributed by atoms with Crippen molar-refractivity contribution in [2.45, 2.75) is 6.92 Å². The number of hydrogen-bond acceptors (Lipinski definition) is 3. The number of carbonyl (C=O) groups excluding carboxylic acids is 2. The van der Waals surface area contributed by atoms with Crippen molar-refractivity contribution in [1.29, 1.82) is 0 Å². The molecular formula is C14H13FN2O2. The molecule has 0 bridgehead atoms. The molecule has 2 aromatic rings. The van der Waals surface area contributed by atoms with Crippen LogP contribution in [0, 0.1) is 11.7 Å². The highest BCUT2D eigenvalue weighted by Crippen LogP contribution is 2.16. The fourth-order valence-electron chi connectivity index (χ4n) is 1.81. The van der Waals surface area contributed by atoms with Crippen LogP contribution < -0.4 is 0 Å². The molecule has 0 aliphatic carbocycles. The van der Waals surface area contributed by atoms with Gasteiger partial charge in [-0.05, 0) is 19.1 Å². The number of aromatic nitrogens is 2. The molecule has 1 unspecified atom stereocenters. The third-order valence-electron chi connectivity index (χ3n) is 2.97. The van der Waals surface area contributed by atoms with Gasteiger partial charge in [0.1, 0.15) is 5.82 Å². The first-order valence-electron chi connectivity index (χ1n) is 5.82. The predicted molar refractivity (Wildman–Crippen MR) is 67.4 cm³/mol. The number of rotatable bonds is 4. The second kappa shape index (κ2) is 5.14. The standard InChI is InChI=1S/C14H13FN2O2/c1-9(13(19)14-16-7-8-17(14)2)12(18)10-5-3-4-6-11(10)15/h3-9H,1-2H3. The molecule has 0 radical (unpaired) electrons. The lowest BCUT2D eigenvalue weighted by Crippen LogP contribution is -2.24. The molecule has 0 aliphatic rings. The fraction of sp³-hybridized carbons (Fsp3) is 0.214. The van der Waals surface area contributed by atoms with Crippen LogP contribution in [-0.4, -0.2) is 21.1 Å². The Bertz CT molecular complexity index is 634. The maximum atomic E-state index is 13.5. The van der Waals surface area contributed by atoms with Gasteiger partial charge < -0.3 is 4.57 Å². The molecule has 1 atom stereocenters. The van der Waals surface area contributed by atoms with Crippen LogP contribution >= 0.6 is 0 Å². The summed E-state index contributed by atoms with van der Waals surface area (Å²) < 4.78 is 15.1. The van der Waals surface area contributed by atoms with Crippen molar-refractivity contribution in [2.24, 2.45) is 13.0 Å². The maximum Gasteiger partial charge on any atom is 0.208 e. The summed E-state index contributed by atoms with van der Waals surface area (Å²) in [4.78, 5) is 28.1. The van der Waals surface area contributed by atoms with E-state index in [0.29, 0.717) is 0 Å². The van der Waals surface area contributed by atoms with Gasteiger partial charge in [-0.2, -0.15) is 0 Å². The molecule has 0 N–H and O–H groups in total. The number of halogens is 1. The number of imidazole rings is 1. The van der Waals surface area contributed by atoms with Gasteiger partial charge in [0.15, 0.2) is 11.6 Å². The van der Waals surface area contributed by atoms with Crippen molar-refractivity contribution in [3.8, 4) is 0 Å². The molecule has 1 aromatic heterocycles. The van der Waals surface area contributed by atoms with Crippen LogP contribution in [0.15, 0.2) is 36.7 Å². The minimum atomic E-state index is -0.960. The third-order valence-corrected chi connectivity index (χ3v) is 2.97. The average Bonchev–Trinajstić information content (AvgIpc) is 2.83. The van der Waals surface area contributed by atoms with E-state index in [-0.39, 0.29) is 11.4 Å². The van der Waals surface area contributed by atoms with Crippen molar-refractivity contribution < 1.29 is 14.0 Å². The monoisotopic (exact) mass is 260 g/mol. The lowest BCUT2D eigenvalue weighted by atomic mass is 9.94. The predicted octanol–water partition coefficient (Wildman–Crippen LogP) is 2.26. The smallest absolute Gasteiger partial charge is 0.208 e. The largest absolute Gasteiger partial charge is 0.332 e. The van der Waals surface area contributed by atoms with Gasteiger partial charge in [0.25, 0.3) is 0 Å². The molecule has 5 heteroatoms. The lowest BCUT2D eigenvalue weighted by Gasteiger charge is -2.10. The van der Waals surface area contributed by atoms with E-state index in [4.69, 9.17) is 0 Å². The minimum Gasteiger partial charge on any atom is -0.332 e. The van der Waals surface area contributed by atoms with E-state index in [9.17, 15) is 14.0 Å². The summed E-state index contributed by atoms with van der Waals surface area (Å²) in [6.45, 7) is 1.46. The first kappa shape index (κ1) is 13.1. The zero-order valence-electron chi connectivity index (χ0n) is 10.6. The van der Waals surface area contributed by atoms with E-state index in [2.05, 4.69) is 4.98 Å². The molecule has 98 valence electrons. The summed E-state index contributed by atoms with van der Waals surface area (Å²) in [6.07, 6.45) is 3.10. The number of nitrogens with zero attached hydrogens (tertiary/aromatic N) is 2. The zero-order chi connectivity index (χ0) is 14.0. The fourth-order valence-corrected chi connectivity index (χ4v) is 1.81. The molecule has 1 heterocycles. The Kier molecular flexibility index (Phi) is 3.55. The summed E-state index contributed by atoms with van der Waals surface area (Å²) in [7, 11) is 1.67. The highest BCUT2D eigenvalue weighted by Gasteiger charge is 2.27. The first-order chi connectivity index (χ1) is 9.02. The van der Waals surface area contributed by atoms with E-state index in [1.165, 1.54) is 35.9 Å². The number of ketones is 2. The van der Waals surface area contributed by atoms with Gasteiger partial charge in [-0.3, -0.25) is 9.59 Å². The Morgan fingerprint density at radius 3 is 2.53 bits per heavy atom. The minimum absolute atomic E-state index is 0.0717. The average molecular weight is 260 g/mol. The number of carbonyl (C=O) groups is 2.